The Labute approximate surface area is 448 Å². The normalized spacial score (nSPS) is 12.4. The molecule has 0 fully saturated rings. The van der Waals surface area contributed by atoms with E-state index in [1.807, 2.05) is 0 Å². The van der Waals surface area contributed by atoms with Crippen molar-refractivity contribution < 1.29 is 0 Å². The Bertz CT molecular complexity index is 5240. The predicted octanol–water partition coefficient (Wildman–Crippen LogP) is 22.2. The van der Waals surface area contributed by atoms with Gasteiger partial charge < -0.3 is 0 Å². The minimum Gasteiger partial charge on any atom is -0.0616 e. The van der Waals surface area contributed by atoms with Crippen LogP contribution in [0.1, 0.15) is 0 Å². The average molecular weight is 981 g/mol. The van der Waals surface area contributed by atoms with E-state index in [1.54, 1.807) is 0 Å². The van der Waals surface area contributed by atoms with Crippen LogP contribution >= 0.6 is 0 Å². The summed E-state index contributed by atoms with van der Waals surface area (Å²) < 4.78 is 0. The maximum Gasteiger partial charge on any atom is -0.00141 e. The lowest BCUT2D eigenvalue weighted by atomic mass is 9.81. The first-order valence-electron chi connectivity index (χ1n) is 27.3. The summed E-state index contributed by atoms with van der Waals surface area (Å²) >= 11 is 0. The Morgan fingerprint density at radius 3 is 0.859 bits per heavy atom. The first-order chi connectivity index (χ1) is 38.7. The molecular formula is C78H44. The van der Waals surface area contributed by atoms with Crippen molar-refractivity contribution in [2.75, 3.05) is 0 Å². The van der Waals surface area contributed by atoms with Gasteiger partial charge in [0.2, 0.25) is 0 Å². The Morgan fingerprint density at radius 1 is 0.141 bits per heavy atom. The SMILES string of the molecule is c1ccc2c(c1)ccc1c(-c3ccc4ccc5cccc6ccc3c4c56)c3ccccc3c(-c3ccc4cc(-c5c6ccccc6c(-c6ccc7ccc8cccc9ccc6c7c89)c6ccc7ccccc7c56)ccc4c3)c12. The van der Waals surface area contributed by atoms with Crippen LogP contribution in [-0.2, 0) is 0 Å². The van der Waals surface area contributed by atoms with E-state index in [0.717, 1.165) is 0 Å². The minimum atomic E-state index is 1.22. The third kappa shape index (κ3) is 5.73. The second kappa shape index (κ2) is 15.7. The highest BCUT2D eigenvalue weighted by Gasteiger charge is 2.24. The van der Waals surface area contributed by atoms with Crippen molar-refractivity contribution in [1.29, 1.82) is 0 Å². The van der Waals surface area contributed by atoms with E-state index in [0.29, 0.717) is 0 Å². The standard InChI is InChI=1S/C78H44/c1-3-17-57-45(11-1)31-41-67-75(65-39-35-51-25-23-47-13-9-15-49-33-37-63(65)71(51)69(47)49)61-21-7-5-19-59(61)73(77(57)67)55-29-27-54-44-56(30-28-53(54)43-55)74-60-20-6-8-22-62(60)76(68-42-32-46-12-2-4-18-58(46)78(68)74)66-40-36-52-26-24-48-14-10-16-50-34-38-64(66)72(52)70(48)50/h1-44H. The van der Waals surface area contributed by atoms with Crippen LogP contribution in [0.25, 0.3) is 185 Å². The molecule has 356 valence electrons. The molecule has 0 spiro atoms. The van der Waals surface area contributed by atoms with Gasteiger partial charge in [0.15, 0.2) is 0 Å². The number of rotatable bonds is 4. The Morgan fingerprint density at radius 2 is 0.436 bits per heavy atom. The molecular weight excluding hydrogens is 937 g/mol. The molecule has 0 bridgehead atoms. The monoisotopic (exact) mass is 980 g/mol. The van der Waals surface area contributed by atoms with Crippen molar-refractivity contribution in [3.05, 3.63) is 267 Å². The Hall–Kier alpha value is -10.1. The van der Waals surface area contributed by atoms with Gasteiger partial charge in [-0.15, -0.1) is 0 Å². The molecule has 0 heteroatoms. The molecule has 0 radical (unpaired) electrons. The van der Waals surface area contributed by atoms with Crippen molar-refractivity contribution in [1.82, 2.24) is 0 Å². The Kier molecular flexibility index (Phi) is 8.49. The maximum atomic E-state index is 2.45. The van der Waals surface area contributed by atoms with E-state index in [2.05, 4.69) is 267 Å². The third-order valence-corrected chi connectivity index (χ3v) is 17.8. The minimum absolute atomic E-state index is 1.22. The van der Waals surface area contributed by atoms with Gasteiger partial charge in [0, 0.05) is 0 Å². The topological polar surface area (TPSA) is 0 Å². The van der Waals surface area contributed by atoms with E-state index in [1.165, 1.54) is 185 Å². The summed E-state index contributed by atoms with van der Waals surface area (Å²) in [5.74, 6) is 0. The summed E-state index contributed by atoms with van der Waals surface area (Å²) in [7, 11) is 0. The van der Waals surface area contributed by atoms with Crippen LogP contribution in [0.4, 0.5) is 0 Å². The molecule has 0 saturated heterocycles. The quantitative estimate of drug-likeness (QED) is 0.122. The van der Waals surface area contributed by atoms with Gasteiger partial charge in [0.1, 0.15) is 0 Å². The van der Waals surface area contributed by atoms with Crippen LogP contribution in [0.3, 0.4) is 0 Å². The molecule has 0 aromatic heterocycles. The van der Waals surface area contributed by atoms with Gasteiger partial charge in [0.25, 0.3) is 0 Å². The number of hydrogen-bond donors (Lipinski definition) is 0. The van der Waals surface area contributed by atoms with Crippen molar-refractivity contribution in [2.45, 2.75) is 0 Å². The zero-order chi connectivity index (χ0) is 50.7. The summed E-state index contributed by atoms with van der Waals surface area (Å²) in [4.78, 5) is 0. The molecule has 0 atom stereocenters. The fourth-order valence-corrected chi connectivity index (χ4v) is 14.5. The van der Waals surface area contributed by atoms with Crippen LogP contribution in [-0.4, -0.2) is 0 Å². The van der Waals surface area contributed by atoms with Crippen LogP contribution in [0.15, 0.2) is 267 Å². The van der Waals surface area contributed by atoms with E-state index in [-0.39, 0.29) is 0 Å². The zero-order valence-electron chi connectivity index (χ0n) is 42.4. The van der Waals surface area contributed by atoms with Gasteiger partial charge in [-0.3, -0.25) is 0 Å². The molecule has 18 rings (SSSR count). The summed E-state index contributed by atoms with van der Waals surface area (Å²) in [6.07, 6.45) is 0. The second-order valence-corrected chi connectivity index (χ2v) is 21.7. The molecule has 0 aliphatic carbocycles. The molecule has 78 heavy (non-hydrogen) atoms. The number of benzene rings is 18. The lowest BCUT2D eigenvalue weighted by Crippen LogP contribution is -1.94. The van der Waals surface area contributed by atoms with Gasteiger partial charge in [0.05, 0.1) is 0 Å². The highest BCUT2D eigenvalue weighted by Crippen LogP contribution is 2.52. The predicted molar refractivity (Wildman–Crippen MR) is 338 cm³/mol. The smallest absolute Gasteiger partial charge is 0.00141 e. The molecule has 18 aromatic carbocycles. The summed E-state index contributed by atoms with van der Waals surface area (Å²) in [5, 5.41) is 33.2. The molecule has 0 N–H and O–H groups in total. The molecule has 18 aromatic rings. The van der Waals surface area contributed by atoms with Gasteiger partial charge in [-0.2, -0.15) is 0 Å². The number of hydrogen-bond acceptors (Lipinski definition) is 0. The largest absolute Gasteiger partial charge is 0.0616 e. The lowest BCUT2D eigenvalue weighted by molar-refractivity contribution is 1.68. The fraction of sp³-hybridized carbons (Fsp3) is 0. The second-order valence-electron chi connectivity index (χ2n) is 21.7. The molecule has 0 aliphatic heterocycles. The highest BCUT2D eigenvalue weighted by atomic mass is 14.3. The lowest BCUT2D eigenvalue weighted by Gasteiger charge is -2.22. The van der Waals surface area contributed by atoms with Crippen molar-refractivity contribution in [3.63, 3.8) is 0 Å². The number of fused-ring (bicyclic) bond motifs is 9. The van der Waals surface area contributed by atoms with Crippen molar-refractivity contribution in [2.24, 2.45) is 0 Å². The molecule has 0 heterocycles. The third-order valence-electron chi connectivity index (χ3n) is 17.8. The maximum absolute atomic E-state index is 2.45. The fourth-order valence-electron chi connectivity index (χ4n) is 14.5. The Balaban J connectivity index is 0.871. The van der Waals surface area contributed by atoms with Gasteiger partial charge in [-0.1, -0.05) is 255 Å². The van der Waals surface area contributed by atoms with Crippen LogP contribution in [0.2, 0.25) is 0 Å². The first-order valence-corrected chi connectivity index (χ1v) is 27.3. The van der Waals surface area contributed by atoms with Gasteiger partial charge in [-0.25, -0.2) is 0 Å². The van der Waals surface area contributed by atoms with E-state index >= 15 is 0 Å². The van der Waals surface area contributed by atoms with Crippen LogP contribution in [0, 0.1) is 0 Å². The van der Waals surface area contributed by atoms with Gasteiger partial charge >= 0.3 is 0 Å². The van der Waals surface area contributed by atoms with Crippen molar-refractivity contribution >= 4 is 140 Å². The highest BCUT2D eigenvalue weighted by molar-refractivity contribution is 6.34. The molecule has 0 nitrogen and oxygen atoms in total. The van der Waals surface area contributed by atoms with E-state index in [9.17, 15) is 0 Å². The van der Waals surface area contributed by atoms with E-state index in [4.69, 9.17) is 0 Å². The van der Waals surface area contributed by atoms with Gasteiger partial charge in [-0.05, 0) is 197 Å². The van der Waals surface area contributed by atoms with Crippen molar-refractivity contribution in [3.8, 4) is 44.5 Å². The summed E-state index contributed by atoms with van der Waals surface area (Å²) in [5.41, 5.74) is 10.1. The van der Waals surface area contributed by atoms with Crippen LogP contribution < -0.4 is 0 Å². The molecule has 0 amide bonds. The van der Waals surface area contributed by atoms with Crippen LogP contribution in [0.5, 0.6) is 0 Å². The molecule has 0 saturated carbocycles. The molecule has 0 unspecified atom stereocenters. The average Bonchev–Trinajstić information content (AvgIpc) is 3.69. The molecule has 0 aliphatic rings. The summed E-state index contributed by atoms with van der Waals surface area (Å²) in [6, 6.07) is 101. The first kappa shape index (κ1) is 42.1. The zero-order valence-corrected chi connectivity index (χ0v) is 42.4. The van der Waals surface area contributed by atoms with E-state index < -0.39 is 0 Å². The summed E-state index contributed by atoms with van der Waals surface area (Å²) in [6.45, 7) is 0.